The van der Waals surface area contributed by atoms with Crippen LogP contribution in [0.4, 0.5) is 0 Å². The van der Waals surface area contributed by atoms with Gasteiger partial charge in [-0.25, -0.2) is 0 Å². The number of hydrogen-bond donors (Lipinski definition) is 1. The average molecular weight is 224 g/mol. The number of nitrogens with one attached hydrogen (secondary N) is 1. The van der Waals surface area contributed by atoms with Gasteiger partial charge in [-0.2, -0.15) is 0 Å². The van der Waals surface area contributed by atoms with Gasteiger partial charge in [0.15, 0.2) is 0 Å². The Morgan fingerprint density at radius 1 is 1.12 bits per heavy atom. The van der Waals surface area contributed by atoms with Gasteiger partial charge in [0.25, 0.3) is 0 Å². The molecule has 1 aliphatic rings. The number of rotatable bonds is 2. The molecule has 0 fully saturated rings. The smallest absolute Gasteiger partial charge is 0.0464 e. The third kappa shape index (κ3) is 2.22. The van der Waals surface area contributed by atoms with E-state index in [2.05, 4.69) is 46.7 Å². The number of hydrogen-bond acceptors (Lipinski definition) is 2. The van der Waals surface area contributed by atoms with Crippen LogP contribution in [0.5, 0.6) is 0 Å². The maximum Gasteiger partial charge on any atom is 0.0464 e. The van der Waals surface area contributed by atoms with Crippen molar-refractivity contribution in [2.45, 2.75) is 18.9 Å². The third-order valence-corrected chi connectivity index (χ3v) is 3.34. The normalized spacial score (nSPS) is 18.7. The minimum atomic E-state index is 0.412. The standard InChI is InChI=1S/C15H16N2/c1-2-5-12(6-3-1)11-15-13-7-4-9-16-14(13)8-10-17-15/h1-7,9,15,17H,8,10-11H2. The molecule has 3 rings (SSSR count). The fraction of sp³-hybridized carbons (Fsp3) is 0.267. The Hall–Kier alpha value is -1.67. The van der Waals surface area contributed by atoms with E-state index in [1.807, 2.05) is 12.3 Å². The topological polar surface area (TPSA) is 24.9 Å². The summed E-state index contributed by atoms with van der Waals surface area (Å²) in [5, 5.41) is 3.58. The van der Waals surface area contributed by atoms with Crippen LogP contribution in [0.2, 0.25) is 0 Å². The van der Waals surface area contributed by atoms with E-state index >= 15 is 0 Å². The zero-order valence-electron chi connectivity index (χ0n) is 9.76. The molecule has 1 aromatic carbocycles. The molecule has 0 saturated heterocycles. The number of pyridine rings is 1. The first kappa shape index (κ1) is 10.5. The second-order valence-electron chi connectivity index (χ2n) is 4.49. The molecule has 2 aromatic rings. The average Bonchev–Trinajstić information content (AvgIpc) is 2.40. The summed E-state index contributed by atoms with van der Waals surface area (Å²) >= 11 is 0. The van der Waals surface area contributed by atoms with Crippen LogP contribution in [0.25, 0.3) is 0 Å². The molecule has 0 saturated carbocycles. The second kappa shape index (κ2) is 4.68. The van der Waals surface area contributed by atoms with Crippen LogP contribution >= 0.6 is 0 Å². The summed E-state index contributed by atoms with van der Waals surface area (Å²) in [5.41, 5.74) is 4.00. The largest absolute Gasteiger partial charge is 0.309 e. The van der Waals surface area contributed by atoms with Crippen LogP contribution in [0, 0.1) is 0 Å². The van der Waals surface area contributed by atoms with Crippen molar-refractivity contribution in [2.75, 3.05) is 6.54 Å². The molecule has 2 nitrogen and oxygen atoms in total. The summed E-state index contributed by atoms with van der Waals surface area (Å²) in [6, 6.07) is 15.3. The van der Waals surface area contributed by atoms with Crippen LogP contribution in [-0.4, -0.2) is 11.5 Å². The fourth-order valence-electron chi connectivity index (χ4n) is 2.48. The lowest BCUT2D eigenvalue weighted by Crippen LogP contribution is -2.31. The summed E-state index contributed by atoms with van der Waals surface area (Å²) < 4.78 is 0. The molecule has 2 heteroatoms. The van der Waals surface area contributed by atoms with Crippen molar-refractivity contribution in [1.29, 1.82) is 0 Å². The van der Waals surface area contributed by atoms with Gasteiger partial charge in [-0.3, -0.25) is 4.98 Å². The maximum atomic E-state index is 4.47. The van der Waals surface area contributed by atoms with Crippen molar-refractivity contribution in [3.8, 4) is 0 Å². The Morgan fingerprint density at radius 2 is 2.00 bits per heavy atom. The van der Waals surface area contributed by atoms with Gasteiger partial charge >= 0.3 is 0 Å². The van der Waals surface area contributed by atoms with E-state index in [9.17, 15) is 0 Å². The minimum absolute atomic E-state index is 0.412. The Balaban J connectivity index is 1.86. The van der Waals surface area contributed by atoms with Gasteiger partial charge in [0.1, 0.15) is 0 Å². The quantitative estimate of drug-likeness (QED) is 0.847. The number of nitrogens with zero attached hydrogens (tertiary/aromatic N) is 1. The van der Waals surface area contributed by atoms with Crippen molar-refractivity contribution in [3.05, 3.63) is 65.5 Å². The molecule has 2 heterocycles. The van der Waals surface area contributed by atoms with Crippen LogP contribution < -0.4 is 5.32 Å². The van der Waals surface area contributed by atoms with Crippen molar-refractivity contribution < 1.29 is 0 Å². The summed E-state index contributed by atoms with van der Waals surface area (Å²) in [4.78, 5) is 4.47. The Bertz CT molecular complexity index is 493. The van der Waals surface area contributed by atoms with E-state index in [-0.39, 0.29) is 0 Å². The molecular formula is C15H16N2. The Morgan fingerprint density at radius 3 is 2.88 bits per heavy atom. The van der Waals surface area contributed by atoms with E-state index in [0.29, 0.717) is 6.04 Å². The summed E-state index contributed by atoms with van der Waals surface area (Å²) in [6.07, 6.45) is 3.98. The molecule has 0 bridgehead atoms. The van der Waals surface area contributed by atoms with Gasteiger partial charge in [0.2, 0.25) is 0 Å². The fourth-order valence-corrected chi connectivity index (χ4v) is 2.48. The highest BCUT2D eigenvalue weighted by molar-refractivity contribution is 5.29. The van der Waals surface area contributed by atoms with Crippen LogP contribution in [0.3, 0.4) is 0 Å². The predicted octanol–water partition coefficient (Wildman–Crippen LogP) is 2.51. The molecule has 17 heavy (non-hydrogen) atoms. The number of aromatic nitrogens is 1. The lowest BCUT2D eigenvalue weighted by molar-refractivity contribution is 0.496. The Labute approximate surface area is 102 Å². The molecule has 1 N–H and O–H groups in total. The zero-order chi connectivity index (χ0) is 11.5. The van der Waals surface area contributed by atoms with Gasteiger partial charge in [0.05, 0.1) is 0 Å². The third-order valence-electron chi connectivity index (χ3n) is 3.34. The first-order chi connectivity index (χ1) is 8.43. The predicted molar refractivity (Wildman–Crippen MR) is 68.8 cm³/mol. The molecule has 0 radical (unpaired) electrons. The van der Waals surface area contributed by atoms with Gasteiger partial charge in [-0.15, -0.1) is 0 Å². The number of benzene rings is 1. The van der Waals surface area contributed by atoms with E-state index in [0.717, 1.165) is 19.4 Å². The SMILES string of the molecule is c1ccc(CC2NCCc3ncccc32)cc1. The maximum absolute atomic E-state index is 4.47. The molecule has 1 unspecified atom stereocenters. The van der Waals surface area contributed by atoms with Gasteiger partial charge in [0, 0.05) is 30.9 Å². The number of fused-ring (bicyclic) bond motifs is 1. The van der Waals surface area contributed by atoms with E-state index < -0.39 is 0 Å². The monoisotopic (exact) mass is 224 g/mol. The summed E-state index contributed by atoms with van der Waals surface area (Å²) in [7, 11) is 0. The first-order valence-electron chi connectivity index (χ1n) is 6.14. The van der Waals surface area contributed by atoms with Gasteiger partial charge < -0.3 is 5.32 Å². The molecule has 1 aliphatic heterocycles. The highest BCUT2D eigenvalue weighted by Crippen LogP contribution is 2.24. The molecule has 0 aliphatic carbocycles. The van der Waals surface area contributed by atoms with Crippen LogP contribution in [0.1, 0.15) is 22.9 Å². The van der Waals surface area contributed by atoms with Gasteiger partial charge in [-0.1, -0.05) is 36.4 Å². The minimum Gasteiger partial charge on any atom is -0.309 e. The highest BCUT2D eigenvalue weighted by Gasteiger charge is 2.19. The van der Waals surface area contributed by atoms with Crippen molar-refractivity contribution >= 4 is 0 Å². The van der Waals surface area contributed by atoms with Crippen molar-refractivity contribution in [1.82, 2.24) is 10.3 Å². The summed E-state index contributed by atoms with van der Waals surface area (Å²) in [6.45, 7) is 1.03. The zero-order valence-corrected chi connectivity index (χ0v) is 9.76. The highest BCUT2D eigenvalue weighted by atomic mass is 14.9. The lowest BCUT2D eigenvalue weighted by Gasteiger charge is -2.26. The first-order valence-corrected chi connectivity index (χ1v) is 6.14. The van der Waals surface area contributed by atoms with E-state index in [1.165, 1.54) is 16.8 Å². The van der Waals surface area contributed by atoms with E-state index in [4.69, 9.17) is 0 Å². The van der Waals surface area contributed by atoms with Gasteiger partial charge in [-0.05, 0) is 23.6 Å². The molecular weight excluding hydrogens is 208 g/mol. The van der Waals surface area contributed by atoms with Crippen LogP contribution in [0.15, 0.2) is 48.7 Å². The second-order valence-corrected chi connectivity index (χ2v) is 4.49. The van der Waals surface area contributed by atoms with E-state index in [1.54, 1.807) is 0 Å². The van der Waals surface area contributed by atoms with Crippen molar-refractivity contribution in [2.24, 2.45) is 0 Å². The molecule has 1 aromatic heterocycles. The molecule has 1 atom stereocenters. The molecule has 0 amide bonds. The molecule has 86 valence electrons. The van der Waals surface area contributed by atoms with Crippen molar-refractivity contribution in [3.63, 3.8) is 0 Å². The lowest BCUT2D eigenvalue weighted by atomic mass is 9.94. The van der Waals surface area contributed by atoms with Crippen LogP contribution in [-0.2, 0) is 12.8 Å². The Kier molecular flexibility index (Phi) is 2.88. The molecule has 0 spiro atoms. The summed E-state index contributed by atoms with van der Waals surface area (Å²) in [5.74, 6) is 0.